The number of hydrogen-bond acceptors (Lipinski definition) is 5. The van der Waals surface area contributed by atoms with Crippen LogP contribution in [-0.4, -0.2) is 44.0 Å². The summed E-state index contributed by atoms with van der Waals surface area (Å²) in [6.45, 7) is 1.95. The highest BCUT2D eigenvalue weighted by Gasteiger charge is 2.17. The number of esters is 1. The number of amides is 2. The molecule has 0 aliphatic rings. The molecule has 0 aliphatic heterocycles. The van der Waals surface area contributed by atoms with Crippen molar-refractivity contribution in [3.63, 3.8) is 0 Å². The van der Waals surface area contributed by atoms with Gasteiger partial charge in [-0.15, -0.1) is 0 Å². The summed E-state index contributed by atoms with van der Waals surface area (Å²) in [4.78, 5) is 23.3. The number of benzene rings is 1. The van der Waals surface area contributed by atoms with Gasteiger partial charge >= 0.3 is 12.0 Å². The van der Waals surface area contributed by atoms with Crippen molar-refractivity contribution in [2.75, 3.05) is 26.1 Å². The minimum atomic E-state index is -0.591. The Labute approximate surface area is 133 Å². The summed E-state index contributed by atoms with van der Waals surface area (Å²) in [5.41, 5.74) is 0.454. The van der Waals surface area contributed by atoms with Gasteiger partial charge in [0.25, 0.3) is 0 Å². The van der Waals surface area contributed by atoms with Gasteiger partial charge in [0.2, 0.25) is 0 Å². The molecule has 0 unspecified atom stereocenters. The molecule has 22 heavy (non-hydrogen) atoms. The predicted molar refractivity (Wildman–Crippen MR) is 82.7 cm³/mol. The van der Waals surface area contributed by atoms with Gasteiger partial charge in [0.15, 0.2) is 0 Å². The number of nitrogens with one attached hydrogen (secondary N) is 2. The van der Waals surface area contributed by atoms with Crippen LogP contribution in [-0.2, 0) is 4.74 Å². The Kier molecular flexibility index (Phi) is 6.94. The lowest BCUT2D eigenvalue weighted by Crippen LogP contribution is -2.31. The monoisotopic (exact) mass is 330 g/mol. The van der Waals surface area contributed by atoms with E-state index < -0.39 is 18.1 Å². The van der Waals surface area contributed by atoms with Gasteiger partial charge in [0.1, 0.15) is 11.3 Å². The first-order valence-electron chi connectivity index (χ1n) is 6.57. The number of ether oxygens (including phenoxy) is 2. The van der Waals surface area contributed by atoms with Crippen molar-refractivity contribution in [3.8, 4) is 5.75 Å². The fourth-order valence-electron chi connectivity index (χ4n) is 1.65. The Morgan fingerprint density at radius 2 is 2.05 bits per heavy atom. The minimum absolute atomic E-state index is 0.162. The SMILES string of the molecule is COC(=O)c1cc(Cl)c(NC(=O)NCC[C@@H](C)O)cc1OC. The second-order valence-corrected chi connectivity index (χ2v) is 4.95. The molecule has 0 spiro atoms. The van der Waals surface area contributed by atoms with E-state index in [1.54, 1.807) is 6.92 Å². The number of anilines is 1. The molecule has 0 aromatic heterocycles. The highest BCUT2D eigenvalue weighted by atomic mass is 35.5. The Morgan fingerprint density at radius 1 is 1.36 bits per heavy atom. The molecule has 0 fully saturated rings. The molecule has 7 nitrogen and oxygen atoms in total. The zero-order valence-corrected chi connectivity index (χ0v) is 13.4. The van der Waals surface area contributed by atoms with Crippen molar-refractivity contribution >= 4 is 29.3 Å². The third-order valence-electron chi connectivity index (χ3n) is 2.79. The lowest BCUT2D eigenvalue weighted by Gasteiger charge is -2.13. The third-order valence-corrected chi connectivity index (χ3v) is 3.10. The number of aliphatic hydroxyl groups excluding tert-OH is 1. The van der Waals surface area contributed by atoms with Crippen LogP contribution in [0.1, 0.15) is 23.7 Å². The van der Waals surface area contributed by atoms with Gasteiger partial charge in [-0.25, -0.2) is 9.59 Å². The predicted octanol–water partition coefficient (Wildman–Crippen LogP) is 2.03. The van der Waals surface area contributed by atoms with Gasteiger partial charge in [0.05, 0.1) is 31.0 Å². The molecule has 1 aromatic rings. The molecule has 0 heterocycles. The molecule has 2 amide bonds. The Morgan fingerprint density at radius 3 is 2.59 bits per heavy atom. The van der Waals surface area contributed by atoms with E-state index in [-0.39, 0.29) is 16.3 Å². The average molecular weight is 331 g/mol. The van der Waals surface area contributed by atoms with Gasteiger partial charge in [-0.05, 0) is 19.4 Å². The standard InChI is InChI=1S/C14H19ClN2O5/c1-8(18)4-5-16-14(20)17-11-7-12(21-2)9(6-10(11)15)13(19)22-3/h6-8,18H,4-5H2,1-3H3,(H2,16,17,20)/t8-/m1/s1. The number of aliphatic hydroxyl groups is 1. The summed E-state index contributed by atoms with van der Waals surface area (Å²) in [6, 6.07) is 2.32. The van der Waals surface area contributed by atoms with Crippen LogP contribution in [0.2, 0.25) is 5.02 Å². The van der Waals surface area contributed by atoms with Crippen LogP contribution in [0.4, 0.5) is 10.5 Å². The fraction of sp³-hybridized carbons (Fsp3) is 0.429. The highest BCUT2D eigenvalue weighted by Crippen LogP contribution is 2.31. The molecule has 0 radical (unpaired) electrons. The Bertz CT molecular complexity index is 548. The second-order valence-electron chi connectivity index (χ2n) is 4.54. The minimum Gasteiger partial charge on any atom is -0.496 e. The number of carbonyl (C=O) groups is 2. The smallest absolute Gasteiger partial charge is 0.341 e. The van der Waals surface area contributed by atoms with E-state index in [1.165, 1.54) is 26.4 Å². The maximum Gasteiger partial charge on any atom is 0.341 e. The van der Waals surface area contributed by atoms with E-state index in [2.05, 4.69) is 15.4 Å². The first-order valence-corrected chi connectivity index (χ1v) is 6.95. The second kappa shape index (κ2) is 8.45. The topological polar surface area (TPSA) is 96.9 Å². The van der Waals surface area contributed by atoms with Crippen LogP contribution in [0.25, 0.3) is 0 Å². The molecule has 1 aromatic carbocycles. The van der Waals surface area contributed by atoms with Crippen LogP contribution in [0.3, 0.4) is 0 Å². The summed E-state index contributed by atoms with van der Waals surface area (Å²) in [7, 11) is 2.64. The van der Waals surface area contributed by atoms with Crippen molar-refractivity contribution in [1.82, 2.24) is 5.32 Å². The van der Waals surface area contributed by atoms with E-state index in [4.69, 9.17) is 21.4 Å². The van der Waals surface area contributed by atoms with Gasteiger partial charge < -0.3 is 25.2 Å². The van der Waals surface area contributed by atoms with E-state index in [1.807, 2.05) is 0 Å². The van der Waals surface area contributed by atoms with Crippen LogP contribution < -0.4 is 15.4 Å². The van der Waals surface area contributed by atoms with Crippen molar-refractivity contribution < 1.29 is 24.2 Å². The molecule has 1 rings (SSSR count). The third kappa shape index (κ3) is 5.09. The van der Waals surface area contributed by atoms with Crippen LogP contribution in [0.15, 0.2) is 12.1 Å². The van der Waals surface area contributed by atoms with E-state index in [0.717, 1.165) is 0 Å². The molecule has 0 aliphatic carbocycles. The molecule has 0 saturated heterocycles. The summed E-state index contributed by atoms with van der Waals surface area (Å²) in [5.74, 6) is -0.359. The van der Waals surface area contributed by atoms with Crippen molar-refractivity contribution in [1.29, 1.82) is 0 Å². The zero-order valence-electron chi connectivity index (χ0n) is 12.6. The number of methoxy groups -OCH3 is 2. The summed E-state index contributed by atoms with van der Waals surface area (Å²) in [5, 5.41) is 14.4. The van der Waals surface area contributed by atoms with Crippen LogP contribution in [0, 0.1) is 0 Å². The number of urea groups is 1. The Balaban J connectivity index is 2.83. The molecule has 0 saturated carbocycles. The molecule has 3 N–H and O–H groups in total. The molecule has 8 heteroatoms. The quantitative estimate of drug-likeness (QED) is 0.693. The lowest BCUT2D eigenvalue weighted by atomic mass is 10.2. The fourth-order valence-corrected chi connectivity index (χ4v) is 1.86. The van der Waals surface area contributed by atoms with Crippen molar-refractivity contribution in [3.05, 3.63) is 22.7 Å². The normalized spacial score (nSPS) is 11.5. The molecular formula is C14H19ClN2O5. The van der Waals surface area contributed by atoms with Crippen LogP contribution >= 0.6 is 11.6 Å². The van der Waals surface area contributed by atoms with E-state index in [0.29, 0.717) is 18.7 Å². The van der Waals surface area contributed by atoms with Crippen molar-refractivity contribution in [2.45, 2.75) is 19.4 Å². The molecule has 1 atom stereocenters. The van der Waals surface area contributed by atoms with Gasteiger partial charge in [-0.3, -0.25) is 0 Å². The van der Waals surface area contributed by atoms with E-state index in [9.17, 15) is 9.59 Å². The zero-order chi connectivity index (χ0) is 16.7. The van der Waals surface area contributed by atoms with E-state index >= 15 is 0 Å². The number of carbonyl (C=O) groups excluding carboxylic acids is 2. The number of hydrogen-bond donors (Lipinski definition) is 3. The summed E-state index contributed by atoms with van der Waals surface area (Å²) < 4.78 is 9.72. The van der Waals surface area contributed by atoms with Crippen molar-refractivity contribution in [2.24, 2.45) is 0 Å². The first-order chi connectivity index (χ1) is 10.4. The maximum atomic E-state index is 11.7. The average Bonchev–Trinajstić information content (AvgIpc) is 2.47. The van der Waals surface area contributed by atoms with Gasteiger partial charge in [-0.2, -0.15) is 0 Å². The molecule has 0 bridgehead atoms. The maximum absolute atomic E-state index is 11.7. The summed E-state index contributed by atoms with van der Waals surface area (Å²) in [6.07, 6.45) is -0.0607. The lowest BCUT2D eigenvalue weighted by molar-refractivity contribution is 0.0597. The van der Waals surface area contributed by atoms with Gasteiger partial charge in [0, 0.05) is 12.6 Å². The molecular weight excluding hydrogens is 312 g/mol. The van der Waals surface area contributed by atoms with Crippen LogP contribution in [0.5, 0.6) is 5.75 Å². The number of rotatable bonds is 6. The van der Waals surface area contributed by atoms with Gasteiger partial charge in [-0.1, -0.05) is 11.6 Å². The largest absolute Gasteiger partial charge is 0.496 e. The first kappa shape index (κ1) is 18.1. The Hall–Kier alpha value is -1.99. The number of halogens is 1. The molecule has 122 valence electrons. The highest BCUT2D eigenvalue weighted by molar-refractivity contribution is 6.34. The summed E-state index contributed by atoms with van der Waals surface area (Å²) >= 11 is 6.04.